The number of rotatable bonds is 8. The van der Waals surface area contributed by atoms with Crippen LogP contribution < -0.4 is 5.32 Å². The third kappa shape index (κ3) is 6.38. The smallest absolute Gasteiger partial charge is 0.0542 e. The molecule has 1 N–H and O–H groups in total. The maximum atomic E-state index is 4.35. The summed E-state index contributed by atoms with van der Waals surface area (Å²) in [6.07, 6.45) is 2.98. The predicted molar refractivity (Wildman–Crippen MR) is 91.0 cm³/mol. The number of pyridine rings is 1. The zero-order valence-corrected chi connectivity index (χ0v) is 14.0. The summed E-state index contributed by atoms with van der Waals surface area (Å²) in [6.45, 7) is 3.94. The molecule has 4 heteroatoms. The molecule has 1 heterocycles. The molecule has 21 heavy (non-hydrogen) atoms. The Morgan fingerprint density at radius 2 is 1.95 bits per heavy atom. The number of hydrogen-bond acceptors (Lipinski definition) is 3. The van der Waals surface area contributed by atoms with Crippen molar-refractivity contribution in [1.29, 1.82) is 0 Å². The van der Waals surface area contributed by atoms with E-state index < -0.39 is 0 Å². The van der Waals surface area contributed by atoms with Crippen molar-refractivity contribution in [3.8, 4) is 0 Å². The average molecular weight is 348 g/mol. The molecule has 0 aliphatic rings. The van der Waals surface area contributed by atoms with Gasteiger partial charge in [-0.25, -0.2) is 0 Å². The van der Waals surface area contributed by atoms with E-state index in [4.69, 9.17) is 0 Å². The zero-order chi connectivity index (χ0) is 14.9. The molecule has 112 valence electrons. The van der Waals surface area contributed by atoms with E-state index in [9.17, 15) is 0 Å². The fourth-order valence-corrected chi connectivity index (χ4v) is 2.41. The van der Waals surface area contributed by atoms with Crippen LogP contribution in [0.15, 0.2) is 53.1 Å². The van der Waals surface area contributed by atoms with E-state index in [0.29, 0.717) is 0 Å². The highest BCUT2D eigenvalue weighted by Gasteiger charge is 2.00. The molecule has 2 aromatic rings. The van der Waals surface area contributed by atoms with Gasteiger partial charge in [0.1, 0.15) is 0 Å². The van der Waals surface area contributed by atoms with Gasteiger partial charge < -0.3 is 10.2 Å². The molecule has 3 nitrogen and oxygen atoms in total. The Morgan fingerprint density at radius 1 is 1.14 bits per heavy atom. The summed E-state index contributed by atoms with van der Waals surface area (Å²) < 4.78 is 1.02. The van der Waals surface area contributed by atoms with Crippen LogP contribution in [-0.4, -0.2) is 30.0 Å². The lowest BCUT2D eigenvalue weighted by Gasteiger charge is -2.16. The van der Waals surface area contributed by atoms with Gasteiger partial charge in [0.2, 0.25) is 0 Å². The zero-order valence-electron chi connectivity index (χ0n) is 12.4. The molecule has 0 bridgehead atoms. The van der Waals surface area contributed by atoms with Crippen LogP contribution in [0.2, 0.25) is 0 Å². The van der Waals surface area contributed by atoms with Crippen LogP contribution in [-0.2, 0) is 13.1 Å². The van der Waals surface area contributed by atoms with Crippen LogP contribution in [0.1, 0.15) is 17.7 Å². The van der Waals surface area contributed by atoms with Crippen LogP contribution in [0, 0.1) is 0 Å². The normalized spacial score (nSPS) is 11.0. The van der Waals surface area contributed by atoms with Crippen LogP contribution in [0.3, 0.4) is 0 Å². The lowest BCUT2D eigenvalue weighted by Crippen LogP contribution is -2.24. The molecule has 1 aromatic carbocycles. The molecule has 0 aliphatic heterocycles. The standard InChI is InChI=1S/C17H22BrN3/c1-21(14-15-6-3-2-4-7-15)11-5-10-19-13-17-9-8-16(18)12-20-17/h2-4,6-9,12,19H,5,10-11,13-14H2,1H3. The SMILES string of the molecule is CN(CCCNCc1ccc(Br)cn1)Cc1ccccc1. The maximum Gasteiger partial charge on any atom is 0.0542 e. The molecule has 0 saturated carbocycles. The number of hydrogen-bond donors (Lipinski definition) is 1. The van der Waals surface area contributed by atoms with E-state index in [2.05, 4.69) is 68.5 Å². The first-order chi connectivity index (χ1) is 10.2. The summed E-state index contributed by atoms with van der Waals surface area (Å²) in [4.78, 5) is 6.70. The molecule has 0 spiro atoms. The highest BCUT2D eigenvalue weighted by atomic mass is 79.9. The van der Waals surface area contributed by atoms with Crippen LogP contribution >= 0.6 is 15.9 Å². The molecule has 0 saturated heterocycles. The highest BCUT2D eigenvalue weighted by Crippen LogP contribution is 2.07. The van der Waals surface area contributed by atoms with Crippen molar-refractivity contribution in [2.45, 2.75) is 19.5 Å². The molecular formula is C17H22BrN3. The Bertz CT molecular complexity index is 513. The second-order valence-corrected chi connectivity index (χ2v) is 6.14. The van der Waals surface area contributed by atoms with E-state index in [1.807, 2.05) is 18.3 Å². The molecule has 0 fully saturated rings. The van der Waals surface area contributed by atoms with E-state index in [-0.39, 0.29) is 0 Å². The van der Waals surface area contributed by atoms with Crippen molar-refractivity contribution in [3.63, 3.8) is 0 Å². The summed E-state index contributed by atoms with van der Waals surface area (Å²) in [5.41, 5.74) is 2.45. The lowest BCUT2D eigenvalue weighted by atomic mass is 10.2. The lowest BCUT2D eigenvalue weighted by molar-refractivity contribution is 0.319. The summed E-state index contributed by atoms with van der Waals surface area (Å²) in [6, 6.07) is 14.7. The maximum absolute atomic E-state index is 4.35. The van der Waals surface area contributed by atoms with Gasteiger partial charge in [-0.1, -0.05) is 30.3 Å². The van der Waals surface area contributed by atoms with Gasteiger partial charge in [-0.3, -0.25) is 4.98 Å². The van der Waals surface area contributed by atoms with Gasteiger partial charge in [0.05, 0.1) is 5.69 Å². The Kier molecular flexibility index (Phi) is 6.86. The fraction of sp³-hybridized carbons (Fsp3) is 0.353. The monoisotopic (exact) mass is 347 g/mol. The largest absolute Gasteiger partial charge is 0.311 e. The van der Waals surface area contributed by atoms with Gasteiger partial charge in [-0.15, -0.1) is 0 Å². The molecule has 0 unspecified atom stereocenters. The van der Waals surface area contributed by atoms with E-state index in [1.54, 1.807) is 0 Å². The molecule has 2 rings (SSSR count). The summed E-state index contributed by atoms with van der Waals surface area (Å²) in [5.74, 6) is 0. The first-order valence-electron chi connectivity index (χ1n) is 7.27. The minimum Gasteiger partial charge on any atom is -0.311 e. The molecule has 1 aromatic heterocycles. The molecule has 0 atom stereocenters. The van der Waals surface area contributed by atoms with Crippen molar-refractivity contribution < 1.29 is 0 Å². The molecule has 0 aliphatic carbocycles. The Balaban J connectivity index is 1.58. The molecular weight excluding hydrogens is 326 g/mol. The van der Waals surface area contributed by atoms with Crippen molar-refractivity contribution in [2.24, 2.45) is 0 Å². The average Bonchev–Trinajstić information content (AvgIpc) is 2.50. The van der Waals surface area contributed by atoms with Crippen LogP contribution in [0.4, 0.5) is 0 Å². The van der Waals surface area contributed by atoms with Crippen LogP contribution in [0.25, 0.3) is 0 Å². The van der Waals surface area contributed by atoms with Crippen molar-refractivity contribution in [2.75, 3.05) is 20.1 Å². The first-order valence-corrected chi connectivity index (χ1v) is 8.07. The minimum absolute atomic E-state index is 0.829. The van der Waals surface area contributed by atoms with Gasteiger partial charge in [-0.05, 0) is 60.2 Å². The Labute approximate surface area is 135 Å². The third-order valence-corrected chi connectivity index (χ3v) is 3.75. The van der Waals surface area contributed by atoms with Gasteiger partial charge in [0.15, 0.2) is 0 Å². The number of aromatic nitrogens is 1. The second kappa shape index (κ2) is 8.93. The first kappa shape index (κ1) is 16.1. The number of benzene rings is 1. The van der Waals surface area contributed by atoms with Crippen LogP contribution in [0.5, 0.6) is 0 Å². The fourth-order valence-electron chi connectivity index (χ4n) is 2.18. The molecule has 0 amide bonds. The number of nitrogens with one attached hydrogen (secondary N) is 1. The van der Waals surface area contributed by atoms with E-state index in [0.717, 1.165) is 42.8 Å². The predicted octanol–water partition coefficient (Wildman–Crippen LogP) is 3.46. The molecule has 0 radical (unpaired) electrons. The summed E-state index contributed by atoms with van der Waals surface area (Å²) in [7, 11) is 2.17. The topological polar surface area (TPSA) is 28.2 Å². The van der Waals surface area contributed by atoms with E-state index in [1.165, 1.54) is 5.56 Å². The van der Waals surface area contributed by atoms with Gasteiger partial charge in [0.25, 0.3) is 0 Å². The second-order valence-electron chi connectivity index (χ2n) is 5.22. The van der Waals surface area contributed by atoms with Crippen molar-refractivity contribution in [1.82, 2.24) is 15.2 Å². The number of halogens is 1. The Morgan fingerprint density at radius 3 is 2.67 bits per heavy atom. The quantitative estimate of drug-likeness (QED) is 0.741. The Hall–Kier alpha value is -1.23. The van der Waals surface area contributed by atoms with E-state index >= 15 is 0 Å². The minimum atomic E-state index is 0.829. The van der Waals surface area contributed by atoms with Crippen molar-refractivity contribution >= 4 is 15.9 Å². The highest BCUT2D eigenvalue weighted by molar-refractivity contribution is 9.10. The van der Waals surface area contributed by atoms with Crippen molar-refractivity contribution in [3.05, 3.63) is 64.4 Å². The van der Waals surface area contributed by atoms with Gasteiger partial charge in [0, 0.05) is 23.8 Å². The third-order valence-electron chi connectivity index (χ3n) is 3.28. The summed E-state index contributed by atoms with van der Waals surface area (Å²) >= 11 is 3.39. The number of nitrogens with zero attached hydrogens (tertiary/aromatic N) is 2. The summed E-state index contributed by atoms with van der Waals surface area (Å²) in [5, 5.41) is 3.44. The van der Waals surface area contributed by atoms with Gasteiger partial charge >= 0.3 is 0 Å². The van der Waals surface area contributed by atoms with Gasteiger partial charge in [-0.2, -0.15) is 0 Å².